The minimum Gasteiger partial charge on any atom is -0.372 e. The molecule has 1 aromatic rings. The highest BCUT2D eigenvalue weighted by Gasteiger charge is 2.23. The van der Waals surface area contributed by atoms with E-state index in [4.69, 9.17) is 4.98 Å². The zero-order valence-corrected chi connectivity index (χ0v) is 12.7. The van der Waals surface area contributed by atoms with E-state index in [-0.39, 0.29) is 0 Å². The molecule has 0 aromatic carbocycles. The van der Waals surface area contributed by atoms with Crippen LogP contribution in [0.15, 0.2) is 0 Å². The van der Waals surface area contributed by atoms with Crippen LogP contribution in [0, 0.1) is 3.57 Å². The maximum absolute atomic E-state index is 4.79. The van der Waals surface area contributed by atoms with Gasteiger partial charge in [-0.3, -0.25) is 0 Å². The Bertz CT molecular complexity index is 386. The molecular weight excluding hydrogens is 325 g/mol. The molecule has 2 rings (SSSR count). The number of hydrogen-bond donors (Lipinski definition) is 1. The third-order valence-corrected chi connectivity index (χ3v) is 4.44. The minimum atomic E-state index is 0.660. The van der Waals surface area contributed by atoms with E-state index in [1.54, 1.807) is 0 Å². The Kier molecular flexibility index (Phi) is 4.59. The summed E-state index contributed by atoms with van der Waals surface area (Å²) in [5.41, 5.74) is 1.28. The van der Waals surface area contributed by atoms with Crippen molar-refractivity contribution in [3.05, 3.63) is 15.1 Å². The zero-order valence-electron chi connectivity index (χ0n) is 10.6. The zero-order chi connectivity index (χ0) is 12.3. The minimum absolute atomic E-state index is 0.660. The van der Waals surface area contributed by atoms with Crippen molar-refractivity contribution in [2.24, 2.45) is 0 Å². The number of anilines is 1. The highest BCUT2D eigenvalue weighted by Crippen LogP contribution is 2.36. The van der Waals surface area contributed by atoms with Gasteiger partial charge >= 0.3 is 0 Å². The highest BCUT2D eigenvalue weighted by atomic mass is 127. The van der Waals surface area contributed by atoms with Crippen molar-refractivity contribution >= 4 is 28.4 Å². The lowest BCUT2D eigenvalue weighted by molar-refractivity contribution is 0.675. The number of nitrogens with one attached hydrogen (secondary N) is 1. The van der Waals surface area contributed by atoms with Crippen molar-refractivity contribution in [2.75, 3.05) is 12.4 Å². The molecule has 0 atom stereocenters. The smallest absolute Gasteiger partial charge is 0.143 e. The molecule has 0 aliphatic heterocycles. The van der Waals surface area contributed by atoms with Crippen molar-refractivity contribution in [3.8, 4) is 0 Å². The maximum atomic E-state index is 4.79. The van der Waals surface area contributed by atoms with Crippen LogP contribution in [-0.4, -0.2) is 17.0 Å². The fraction of sp³-hybridized carbons (Fsp3) is 0.692. The van der Waals surface area contributed by atoms with E-state index in [0.29, 0.717) is 5.92 Å². The summed E-state index contributed by atoms with van der Waals surface area (Å²) in [5, 5.41) is 3.20. The van der Waals surface area contributed by atoms with Gasteiger partial charge < -0.3 is 5.32 Å². The molecule has 0 radical (unpaired) electrons. The molecular formula is C13H20IN3. The largest absolute Gasteiger partial charge is 0.372 e. The summed E-state index contributed by atoms with van der Waals surface area (Å²) in [7, 11) is 1.94. The Morgan fingerprint density at radius 3 is 2.59 bits per heavy atom. The Hall–Kier alpha value is -0.390. The monoisotopic (exact) mass is 345 g/mol. The topological polar surface area (TPSA) is 37.8 Å². The summed E-state index contributed by atoms with van der Waals surface area (Å²) in [6.45, 7) is 2.18. The molecule has 0 saturated heterocycles. The number of aromatic nitrogens is 2. The fourth-order valence-corrected chi connectivity index (χ4v) is 3.43. The van der Waals surface area contributed by atoms with Crippen molar-refractivity contribution < 1.29 is 0 Å². The number of aryl methyl sites for hydroxylation is 1. The molecule has 1 aliphatic rings. The maximum Gasteiger partial charge on any atom is 0.143 e. The number of nitrogens with zero attached hydrogens (tertiary/aromatic N) is 2. The molecule has 1 aromatic heterocycles. The van der Waals surface area contributed by atoms with Gasteiger partial charge in [0.15, 0.2) is 0 Å². The van der Waals surface area contributed by atoms with Gasteiger partial charge in [0.25, 0.3) is 0 Å². The predicted molar refractivity (Wildman–Crippen MR) is 79.5 cm³/mol. The van der Waals surface area contributed by atoms with Crippen LogP contribution >= 0.6 is 22.6 Å². The van der Waals surface area contributed by atoms with Crippen LogP contribution in [0.1, 0.15) is 56.5 Å². The van der Waals surface area contributed by atoms with E-state index in [9.17, 15) is 0 Å². The number of hydrogen-bond acceptors (Lipinski definition) is 3. The third-order valence-electron chi connectivity index (χ3n) is 3.38. The van der Waals surface area contributed by atoms with Crippen LogP contribution in [0.5, 0.6) is 0 Å². The molecule has 1 heterocycles. The lowest BCUT2D eigenvalue weighted by Gasteiger charge is -2.15. The van der Waals surface area contributed by atoms with E-state index in [1.807, 2.05) is 7.05 Å². The number of halogens is 1. The molecule has 4 heteroatoms. The normalized spacial score (nSPS) is 16.4. The second-order valence-corrected chi connectivity index (χ2v) is 5.75. The van der Waals surface area contributed by atoms with E-state index in [2.05, 4.69) is 39.8 Å². The van der Waals surface area contributed by atoms with Gasteiger partial charge in [0.05, 0.1) is 9.26 Å². The van der Waals surface area contributed by atoms with Crippen molar-refractivity contribution in [2.45, 2.75) is 51.4 Å². The summed E-state index contributed by atoms with van der Waals surface area (Å²) in [6.07, 6.45) is 7.37. The van der Waals surface area contributed by atoms with Crippen LogP contribution in [0.3, 0.4) is 0 Å². The molecule has 94 valence electrons. The first kappa shape index (κ1) is 13.1. The highest BCUT2D eigenvalue weighted by molar-refractivity contribution is 14.1. The van der Waals surface area contributed by atoms with Gasteiger partial charge in [-0.1, -0.05) is 19.8 Å². The van der Waals surface area contributed by atoms with E-state index >= 15 is 0 Å². The van der Waals surface area contributed by atoms with Gasteiger partial charge in [0.2, 0.25) is 0 Å². The van der Waals surface area contributed by atoms with E-state index in [0.717, 1.165) is 24.5 Å². The second-order valence-electron chi connectivity index (χ2n) is 4.67. The summed E-state index contributed by atoms with van der Waals surface area (Å²) in [6, 6.07) is 0. The van der Waals surface area contributed by atoms with Crippen LogP contribution in [0.4, 0.5) is 5.82 Å². The summed E-state index contributed by atoms with van der Waals surface area (Å²) < 4.78 is 1.22. The Morgan fingerprint density at radius 2 is 2.00 bits per heavy atom. The molecule has 0 spiro atoms. The van der Waals surface area contributed by atoms with Crippen LogP contribution in [0.2, 0.25) is 0 Å². The lowest BCUT2D eigenvalue weighted by Crippen LogP contribution is -2.09. The van der Waals surface area contributed by atoms with Crippen molar-refractivity contribution in [1.82, 2.24) is 9.97 Å². The van der Waals surface area contributed by atoms with Gasteiger partial charge in [-0.05, 0) is 41.9 Å². The van der Waals surface area contributed by atoms with Crippen molar-refractivity contribution in [3.63, 3.8) is 0 Å². The average Bonchev–Trinajstić information content (AvgIpc) is 2.85. The fourth-order valence-electron chi connectivity index (χ4n) is 2.48. The Labute approximate surface area is 117 Å². The standard InChI is InChI=1S/C13H20IN3/c1-3-6-10-16-12(9-7-4-5-8-9)11(14)13(15-2)17-10/h9H,3-8H2,1-2H3,(H,15,16,17). The molecule has 0 amide bonds. The lowest BCUT2D eigenvalue weighted by atomic mass is 10.0. The number of rotatable bonds is 4. The predicted octanol–water partition coefficient (Wildman–Crippen LogP) is 3.73. The van der Waals surface area contributed by atoms with Crippen molar-refractivity contribution in [1.29, 1.82) is 0 Å². The van der Waals surface area contributed by atoms with Gasteiger partial charge in [-0.15, -0.1) is 0 Å². The summed E-state index contributed by atoms with van der Waals surface area (Å²) in [5.74, 6) is 2.66. The quantitative estimate of drug-likeness (QED) is 0.845. The summed E-state index contributed by atoms with van der Waals surface area (Å²) >= 11 is 2.39. The first-order valence-electron chi connectivity index (χ1n) is 6.50. The first-order valence-corrected chi connectivity index (χ1v) is 7.58. The van der Waals surface area contributed by atoms with Gasteiger partial charge in [0, 0.05) is 19.4 Å². The SMILES string of the molecule is CCCc1nc(NC)c(I)c(C2CCCC2)n1. The van der Waals surface area contributed by atoms with Crippen LogP contribution < -0.4 is 5.32 Å². The average molecular weight is 345 g/mol. The molecule has 1 fully saturated rings. The third kappa shape index (κ3) is 2.89. The van der Waals surface area contributed by atoms with E-state index < -0.39 is 0 Å². The van der Waals surface area contributed by atoms with Crippen LogP contribution in [0.25, 0.3) is 0 Å². The molecule has 1 N–H and O–H groups in total. The first-order chi connectivity index (χ1) is 8.26. The Morgan fingerprint density at radius 1 is 1.29 bits per heavy atom. The molecule has 1 aliphatic carbocycles. The van der Waals surface area contributed by atoms with Crippen LogP contribution in [-0.2, 0) is 6.42 Å². The molecule has 0 unspecified atom stereocenters. The summed E-state index contributed by atoms with van der Waals surface area (Å²) in [4.78, 5) is 9.38. The molecule has 3 nitrogen and oxygen atoms in total. The van der Waals surface area contributed by atoms with E-state index in [1.165, 1.54) is 34.9 Å². The molecule has 17 heavy (non-hydrogen) atoms. The molecule has 0 bridgehead atoms. The molecule has 1 saturated carbocycles. The van der Waals surface area contributed by atoms with Gasteiger partial charge in [-0.2, -0.15) is 0 Å². The van der Waals surface area contributed by atoms with Gasteiger partial charge in [-0.25, -0.2) is 9.97 Å². The Balaban J connectivity index is 2.37. The second kappa shape index (κ2) is 5.98. The van der Waals surface area contributed by atoms with Gasteiger partial charge in [0.1, 0.15) is 11.6 Å².